The molecule has 2 fully saturated rings. The molecule has 2 aromatic heterocycles. The normalized spacial score (nSPS) is 18.0. The first kappa shape index (κ1) is 32.4. The Balaban J connectivity index is 0.885. The number of thiophene rings is 1. The van der Waals surface area contributed by atoms with Gasteiger partial charge in [-0.15, -0.1) is 11.3 Å². The van der Waals surface area contributed by atoms with E-state index in [9.17, 15) is 19.8 Å². The van der Waals surface area contributed by atoms with Gasteiger partial charge in [0.25, 0.3) is 5.91 Å². The Bertz CT molecular complexity index is 1400. The molecule has 9 nitrogen and oxygen atoms in total. The first-order valence-electron chi connectivity index (χ1n) is 15.5. The molecule has 0 aliphatic carbocycles. The number of piperidine rings is 1. The molecule has 0 radical (unpaired) electrons. The summed E-state index contributed by atoms with van der Waals surface area (Å²) >= 11 is 8.63. The van der Waals surface area contributed by atoms with E-state index in [1.807, 2.05) is 16.3 Å². The van der Waals surface area contributed by atoms with Crippen LogP contribution in [0.3, 0.4) is 0 Å². The second-order valence-corrected chi connectivity index (χ2v) is 14.3. The molecule has 4 N–H and O–H groups in total. The van der Waals surface area contributed by atoms with Gasteiger partial charge in [0.05, 0.1) is 35.1 Å². The number of halogens is 1. The highest BCUT2D eigenvalue weighted by Crippen LogP contribution is 2.33. The molecule has 1 aromatic carbocycles. The van der Waals surface area contributed by atoms with Crippen LogP contribution in [0.25, 0.3) is 10.2 Å². The molecular formula is C31H43ClN4O5S2. The fourth-order valence-corrected chi connectivity index (χ4v) is 8.06. The van der Waals surface area contributed by atoms with Crippen LogP contribution in [-0.2, 0) is 4.74 Å². The van der Waals surface area contributed by atoms with Crippen molar-refractivity contribution in [2.75, 3.05) is 52.4 Å². The van der Waals surface area contributed by atoms with Crippen molar-refractivity contribution in [2.45, 2.75) is 69.5 Å². The number of ether oxygens (including phenoxy) is 1. The molecule has 2 saturated heterocycles. The third-order valence-corrected chi connectivity index (χ3v) is 10.9. The summed E-state index contributed by atoms with van der Waals surface area (Å²) in [6, 6.07) is 5.02. The van der Waals surface area contributed by atoms with Gasteiger partial charge in [-0.3, -0.25) is 9.59 Å². The fraction of sp³-hybridized carbons (Fsp3) is 0.613. The molecule has 2 aliphatic rings. The van der Waals surface area contributed by atoms with E-state index in [-0.39, 0.29) is 22.1 Å². The van der Waals surface area contributed by atoms with Crippen LogP contribution in [0.4, 0.5) is 0 Å². The van der Waals surface area contributed by atoms with Gasteiger partial charge in [-0.1, -0.05) is 61.1 Å². The number of hydrogen-bond donors (Lipinski definition) is 4. The maximum absolute atomic E-state index is 13.0. The summed E-state index contributed by atoms with van der Waals surface area (Å²) < 4.78 is 7.43. The van der Waals surface area contributed by atoms with Crippen molar-refractivity contribution in [2.24, 2.45) is 0 Å². The molecule has 12 heteroatoms. The van der Waals surface area contributed by atoms with Crippen molar-refractivity contribution in [3.8, 4) is 5.75 Å². The number of carbonyl (C=O) groups excluding carboxylic acids is 1. The predicted molar refractivity (Wildman–Crippen MR) is 174 cm³/mol. The Morgan fingerprint density at radius 1 is 1.09 bits per heavy atom. The van der Waals surface area contributed by atoms with E-state index in [2.05, 4.69) is 15.2 Å². The number of aliphatic hydroxyl groups is 1. The molecule has 3 aromatic rings. The maximum atomic E-state index is 13.0. The third kappa shape index (κ3) is 8.39. The van der Waals surface area contributed by atoms with E-state index in [1.54, 1.807) is 6.07 Å². The van der Waals surface area contributed by atoms with Gasteiger partial charge >= 0.3 is 4.87 Å². The minimum Gasteiger partial charge on any atom is -0.506 e. The van der Waals surface area contributed by atoms with E-state index in [0.29, 0.717) is 51.9 Å². The minimum atomic E-state index is -0.731. The number of thiazole rings is 1. The zero-order valence-electron chi connectivity index (χ0n) is 24.6. The molecule has 1 amide bonds. The molecule has 1 atom stereocenters. The van der Waals surface area contributed by atoms with E-state index in [0.717, 1.165) is 63.2 Å². The molecule has 43 heavy (non-hydrogen) atoms. The fourth-order valence-electron chi connectivity index (χ4n) is 6.24. The van der Waals surface area contributed by atoms with Crippen LogP contribution in [0.5, 0.6) is 5.75 Å². The van der Waals surface area contributed by atoms with Crippen LogP contribution in [-0.4, -0.2) is 88.9 Å². The lowest BCUT2D eigenvalue weighted by Gasteiger charge is -2.47. The highest BCUT2D eigenvalue weighted by Gasteiger charge is 2.41. The molecule has 0 saturated carbocycles. The number of nitrogens with one attached hydrogen (secondary N) is 2. The largest absolute Gasteiger partial charge is 0.506 e. The molecule has 5 rings (SSSR count). The lowest BCUT2D eigenvalue weighted by atomic mass is 9.89. The number of carbonyl (C=O) groups is 1. The van der Waals surface area contributed by atoms with Crippen LogP contribution in [0.1, 0.15) is 79.8 Å². The van der Waals surface area contributed by atoms with Gasteiger partial charge in [0.2, 0.25) is 0 Å². The Morgan fingerprint density at radius 3 is 2.58 bits per heavy atom. The lowest BCUT2D eigenvalue weighted by Crippen LogP contribution is -2.58. The van der Waals surface area contributed by atoms with Crippen molar-refractivity contribution in [3.63, 3.8) is 0 Å². The summed E-state index contributed by atoms with van der Waals surface area (Å²) in [5.41, 5.74) is 1.45. The van der Waals surface area contributed by atoms with E-state index in [1.165, 1.54) is 49.5 Å². The number of hydrogen-bond acceptors (Lipinski definition) is 9. The smallest absolute Gasteiger partial charge is 0.305 e. The number of aromatic amines is 1. The van der Waals surface area contributed by atoms with Crippen molar-refractivity contribution >= 4 is 50.4 Å². The second kappa shape index (κ2) is 15.3. The average Bonchev–Trinajstić information content (AvgIpc) is 3.62. The van der Waals surface area contributed by atoms with E-state index >= 15 is 0 Å². The standard InChI is InChI=1S/C31H43ClN4O5S2/c32-28-23(10-19-42-28)29(39)36-17-18-41-31(21-36)11-15-35(16-12-31)14-7-5-3-1-2-4-6-13-33-20-25(38)22-8-9-24(37)26-27(22)43-30(40)34-26/h8-10,19,25,33,37-38H,1-7,11-18,20-21H2,(H,34,40)/t25-/m0/s1. The van der Waals surface area contributed by atoms with Crippen LogP contribution < -0.4 is 10.2 Å². The quantitative estimate of drug-likeness (QED) is 0.173. The minimum absolute atomic E-state index is 0.0232. The average molecular weight is 651 g/mol. The van der Waals surface area contributed by atoms with Crippen LogP contribution in [0.2, 0.25) is 4.34 Å². The number of aliphatic hydroxyl groups excluding tert-OH is 1. The third-order valence-electron chi connectivity index (χ3n) is 8.76. The number of nitrogens with zero attached hydrogens (tertiary/aromatic N) is 2. The number of phenols is 1. The van der Waals surface area contributed by atoms with Crippen LogP contribution in [0.15, 0.2) is 28.4 Å². The zero-order valence-corrected chi connectivity index (χ0v) is 27.0. The number of phenolic OH excluding ortho intramolecular Hbond substituents is 1. The molecular weight excluding hydrogens is 608 g/mol. The summed E-state index contributed by atoms with van der Waals surface area (Å²) in [6.45, 7) is 6.29. The van der Waals surface area contributed by atoms with Gasteiger partial charge in [-0.2, -0.15) is 0 Å². The van der Waals surface area contributed by atoms with E-state index in [4.69, 9.17) is 16.3 Å². The van der Waals surface area contributed by atoms with Gasteiger partial charge in [-0.05, 0) is 56.3 Å². The monoisotopic (exact) mass is 650 g/mol. The molecule has 0 bridgehead atoms. The Labute approximate surface area is 265 Å². The number of aromatic hydroxyl groups is 1. The van der Waals surface area contributed by atoms with Gasteiger partial charge in [-0.25, -0.2) is 0 Å². The Morgan fingerprint density at radius 2 is 1.84 bits per heavy atom. The number of amides is 1. The number of aromatic nitrogens is 1. The lowest BCUT2D eigenvalue weighted by molar-refractivity contribution is -0.127. The van der Waals surface area contributed by atoms with Crippen LogP contribution >= 0.6 is 34.3 Å². The summed E-state index contributed by atoms with van der Waals surface area (Å²) in [4.78, 5) is 31.5. The number of morpholine rings is 1. The first-order chi connectivity index (χ1) is 20.8. The molecule has 1 spiro atoms. The van der Waals surface area contributed by atoms with Crippen molar-refractivity contribution in [1.29, 1.82) is 0 Å². The molecule has 2 aliphatic heterocycles. The van der Waals surface area contributed by atoms with Crippen molar-refractivity contribution in [1.82, 2.24) is 20.1 Å². The van der Waals surface area contributed by atoms with Gasteiger partial charge in [0.1, 0.15) is 15.6 Å². The SMILES string of the molecule is O=C(c1ccsc1Cl)N1CCOC2(CCN(CCCCCCCCCNC[C@H](O)c3ccc(O)c4[nH]c(=O)sc34)CC2)C1. The van der Waals surface area contributed by atoms with Crippen molar-refractivity contribution < 1.29 is 19.7 Å². The predicted octanol–water partition coefficient (Wildman–Crippen LogP) is 5.37. The molecule has 4 heterocycles. The van der Waals surface area contributed by atoms with Crippen LogP contribution in [0, 0.1) is 0 Å². The number of rotatable bonds is 14. The van der Waals surface area contributed by atoms with E-state index < -0.39 is 6.10 Å². The summed E-state index contributed by atoms with van der Waals surface area (Å²) in [7, 11) is 0. The second-order valence-electron chi connectivity index (χ2n) is 11.8. The van der Waals surface area contributed by atoms with Gasteiger partial charge in [0, 0.05) is 31.7 Å². The summed E-state index contributed by atoms with van der Waals surface area (Å²) in [5, 5.41) is 25.7. The summed E-state index contributed by atoms with van der Waals surface area (Å²) in [6.07, 6.45) is 9.61. The number of likely N-dealkylation sites (tertiary alicyclic amines) is 1. The highest BCUT2D eigenvalue weighted by atomic mass is 35.5. The summed E-state index contributed by atoms with van der Waals surface area (Å²) in [5.74, 6) is 0.0477. The van der Waals surface area contributed by atoms with Crippen molar-refractivity contribution in [3.05, 3.63) is 48.7 Å². The number of benzene rings is 1. The number of H-pyrrole nitrogens is 1. The molecule has 236 valence electrons. The number of fused-ring (bicyclic) bond motifs is 1. The molecule has 0 unspecified atom stereocenters. The van der Waals surface area contributed by atoms with Gasteiger partial charge < -0.3 is 35.1 Å². The van der Waals surface area contributed by atoms with Gasteiger partial charge in [0.15, 0.2) is 0 Å². The number of unbranched alkanes of at least 4 members (excludes halogenated alkanes) is 6. The Hall–Kier alpha value is -1.99. The highest BCUT2D eigenvalue weighted by molar-refractivity contribution is 7.16. The topological polar surface area (TPSA) is 118 Å². The first-order valence-corrected chi connectivity index (χ1v) is 17.5. The maximum Gasteiger partial charge on any atom is 0.305 e. The zero-order chi connectivity index (χ0) is 30.2. The Kier molecular flexibility index (Phi) is 11.6.